The van der Waals surface area contributed by atoms with Gasteiger partial charge in [0.25, 0.3) is 0 Å². The highest BCUT2D eigenvalue weighted by atomic mass is 32.1. The highest BCUT2D eigenvalue weighted by Crippen LogP contribution is 2.45. The van der Waals surface area contributed by atoms with E-state index in [1.165, 1.54) is 21.6 Å². The average Bonchev–Trinajstić information content (AvgIpc) is 2.65. The zero-order valence-electron chi connectivity index (χ0n) is 9.56. The Hall–Kier alpha value is -1.51. The first-order valence-corrected chi connectivity index (χ1v) is 6.48. The highest BCUT2D eigenvalue weighted by molar-refractivity contribution is 7.13. The van der Waals surface area contributed by atoms with Crippen molar-refractivity contribution in [3.8, 4) is 0 Å². The quantitative estimate of drug-likeness (QED) is 0.600. The molecule has 1 aliphatic rings. The summed E-state index contributed by atoms with van der Waals surface area (Å²) in [6, 6.07) is 6.29. The fourth-order valence-electron chi connectivity index (χ4n) is 2.42. The SMILES string of the molecule is Cc1nsc2cc(C3(N=C=O)CCC3)ccc12. The van der Waals surface area contributed by atoms with E-state index in [1.807, 2.05) is 6.92 Å². The number of fused-ring (bicyclic) bond motifs is 1. The third kappa shape index (κ3) is 1.53. The molecule has 4 heteroatoms. The smallest absolute Gasteiger partial charge is 0.211 e. The number of aryl methyl sites for hydroxylation is 1. The molecule has 0 saturated heterocycles. The van der Waals surface area contributed by atoms with Crippen LogP contribution < -0.4 is 0 Å². The number of isocyanates is 1. The van der Waals surface area contributed by atoms with E-state index >= 15 is 0 Å². The van der Waals surface area contributed by atoms with Crippen LogP contribution >= 0.6 is 11.5 Å². The number of aliphatic imine (C=N–C) groups is 1. The van der Waals surface area contributed by atoms with Gasteiger partial charge in [-0.25, -0.2) is 4.79 Å². The molecule has 0 spiro atoms. The lowest BCUT2D eigenvalue weighted by Gasteiger charge is -2.37. The van der Waals surface area contributed by atoms with E-state index in [0.29, 0.717) is 0 Å². The van der Waals surface area contributed by atoms with E-state index in [-0.39, 0.29) is 5.54 Å². The molecule has 1 aromatic carbocycles. The summed E-state index contributed by atoms with van der Waals surface area (Å²) < 4.78 is 5.52. The van der Waals surface area contributed by atoms with Gasteiger partial charge in [-0.2, -0.15) is 9.37 Å². The fourth-order valence-corrected chi connectivity index (χ4v) is 3.24. The van der Waals surface area contributed by atoms with Crippen molar-refractivity contribution in [2.45, 2.75) is 31.7 Å². The molecule has 1 heterocycles. The third-order valence-electron chi connectivity index (χ3n) is 3.63. The van der Waals surface area contributed by atoms with E-state index in [1.54, 1.807) is 6.08 Å². The van der Waals surface area contributed by atoms with E-state index in [2.05, 4.69) is 27.6 Å². The van der Waals surface area contributed by atoms with Gasteiger partial charge in [0.15, 0.2) is 0 Å². The van der Waals surface area contributed by atoms with Crippen molar-refractivity contribution >= 4 is 27.7 Å². The van der Waals surface area contributed by atoms with Crippen molar-refractivity contribution in [1.29, 1.82) is 0 Å². The molecule has 0 aliphatic heterocycles. The van der Waals surface area contributed by atoms with Gasteiger partial charge in [-0.05, 0) is 49.3 Å². The molecule has 0 unspecified atom stereocenters. The van der Waals surface area contributed by atoms with E-state index < -0.39 is 0 Å². The normalized spacial score (nSPS) is 17.5. The van der Waals surface area contributed by atoms with Crippen molar-refractivity contribution in [3.63, 3.8) is 0 Å². The molecule has 0 bridgehead atoms. The first-order valence-electron chi connectivity index (χ1n) is 5.71. The van der Waals surface area contributed by atoms with Crippen LogP contribution in [0.15, 0.2) is 23.2 Å². The van der Waals surface area contributed by atoms with Crippen molar-refractivity contribution in [2.24, 2.45) is 4.99 Å². The van der Waals surface area contributed by atoms with Crippen LogP contribution in [-0.4, -0.2) is 10.5 Å². The summed E-state index contributed by atoms with van der Waals surface area (Å²) in [5, 5.41) is 1.20. The minimum atomic E-state index is -0.298. The largest absolute Gasteiger partial charge is 0.235 e. The number of aromatic nitrogens is 1. The Morgan fingerprint density at radius 3 is 2.94 bits per heavy atom. The fraction of sp³-hybridized carbons (Fsp3) is 0.385. The Labute approximate surface area is 103 Å². The molecule has 0 amide bonds. The monoisotopic (exact) mass is 244 g/mol. The van der Waals surface area contributed by atoms with Gasteiger partial charge in [0.05, 0.1) is 15.9 Å². The molecule has 0 atom stereocenters. The molecule has 0 N–H and O–H groups in total. The molecular formula is C13H12N2OS. The van der Waals surface area contributed by atoms with Gasteiger partial charge in [0.2, 0.25) is 6.08 Å². The number of rotatable bonds is 2. The van der Waals surface area contributed by atoms with Gasteiger partial charge in [-0.3, -0.25) is 0 Å². The standard InChI is InChI=1S/C13H12N2OS/c1-9-11-4-3-10(7-12(11)17-15-9)13(14-8-16)5-2-6-13/h3-4,7H,2,5-6H2,1H3. The summed E-state index contributed by atoms with van der Waals surface area (Å²) in [5.41, 5.74) is 1.90. The van der Waals surface area contributed by atoms with Gasteiger partial charge in [0, 0.05) is 5.39 Å². The zero-order chi connectivity index (χ0) is 11.9. The second-order valence-electron chi connectivity index (χ2n) is 4.57. The van der Waals surface area contributed by atoms with Crippen LogP contribution in [-0.2, 0) is 10.3 Å². The summed E-state index contributed by atoms with van der Waals surface area (Å²) >= 11 is 1.51. The molecule has 2 aromatic rings. The Morgan fingerprint density at radius 2 is 2.29 bits per heavy atom. The Kier molecular flexibility index (Phi) is 2.35. The van der Waals surface area contributed by atoms with Crippen molar-refractivity contribution in [2.75, 3.05) is 0 Å². The first-order chi connectivity index (χ1) is 8.25. The number of nitrogens with zero attached hydrogens (tertiary/aromatic N) is 2. The maximum absolute atomic E-state index is 10.6. The molecule has 17 heavy (non-hydrogen) atoms. The van der Waals surface area contributed by atoms with Crippen LogP contribution in [0, 0.1) is 6.92 Å². The Balaban J connectivity index is 2.14. The average molecular weight is 244 g/mol. The summed E-state index contributed by atoms with van der Waals surface area (Å²) in [5.74, 6) is 0. The lowest BCUT2D eigenvalue weighted by atomic mass is 9.72. The molecule has 1 aromatic heterocycles. The van der Waals surface area contributed by atoms with Crippen molar-refractivity contribution in [1.82, 2.24) is 4.37 Å². The number of hydrogen-bond acceptors (Lipinski definition) is 4. The molecule has 1 aliphatic carbocycles. The van der Waals surface area contributed by atoms with E-state index in [4.69, 9.17) is 0 Å². The van der Waals surface area contributed by atoms with E-state index in [0.717, 1.165) is 30.5 Å². The van der Waals surface area contributed by atoms with Crippen LogP contribution in [0.4, 0.5) is 0 Å². The van der Waals surface area contributed by atoms with Crippen LogP contribution in [0.25, 0.3) is 10.1 Å². The van der Waals surface area contributed by atoms with Crippen molar-refractivity contribution in [3.05, 3.63) is 29.5 Å². The van der Waals surface area contributed by atoms with Gasteiger partial charge in [-0.15, -0.1) is 0 Å². The van der Waals surface area contributed by atoms with Crippen LogP contribution in [0.5, 0.6) is 0 Å². The van der Waals surface area contributed by atoms with Gasteiger partial charge in [0.1, 0.15) is 0 Å². The minimum absolute atomic E-state index is 0.298. The molecule has 1 saturated carbocycles. The molecule has 86 valence electrons. The van der Waals surface area contributed by atoms with Crippen LogP contribution in [0.1, 0.15) is 30.5 Å². The van der Waals surface area contributed by atoms with Crippen LogP contribution in [0.2, 0.25) is 0 Å². The second-order valence-corrected chi connectivity index (χ2v) is 5.37. The highest BCUT2D eigenvalue weighted by Gasteiger charge is 2.38. The minimum Gasteiger partial charge on any atom is -0.211 e. The maximum Gasteiger partial charge on any atom is 0.235 e. The van der Waals surface area contributed by atoms with Crippen molar-refractivity contribution < 1.29 is 4.79 Å². The third-order valence-corrected chi connectivity index (χ3v) is 4.53. The van der Waals surface area contributed by atoms with Gasteiger partial charge in [-0.1, -0.05) is 12.1 Å². The Bertz CT molecular complexity index is 621. The topological polar surface area (TPSA) is 42.3 Å². The summed E-state index contributed by atoms with van der Waals surface area (Å²) in [6.07, 6.45) is 4.75. The van der Waals surface area contributed by atoms with Gasteiger partial charge >= 0.3 is 0 Å². The second kappa shape index (κ2) is 3.76. The number of carbonyl (C=O) groups excluding carboxylic acids is 1. The Morgan fingerprint density at radius 1 is 1.47 bits per heavy atom. The molecule has 3 nitrogen and oxygen atoms in total. The predicted octanol–water partition coefficient (Wildman–Crippen LogP) is 3.32. The lowest BCUT2D eigenvalue weighted by molar-refractivity contribution is 0.256. The lowest BCUT2D eigenvalue weighted by Crippen LogP contribution is -2.31. The predicted molar refractivity (Wildman–Crippen MR) is 68.0 cm³/mol. The maximum atomic E-state index is 10.6. The summed E-state index contributed by atoms with van der Waals surface area (Å²) in [6.45, 7) is 2.02. The van der Waals surface area contributed by atoms with E-state index in [9.17, 15) is 4.79 Å². The summed E-state index contributed by atoms with van der Waals surface area (Å²) in [7, 11) is 0. The molecule has 1 fully saturated rings. The van der Waals surface area contributed by atoms with Gasteiger partial charge < -0.3 is 0 Å². The molecule has 3 rings (SSSR count). The van der Waals surface area contributed by atoms with Crippen LogP contribution in [0.3, 0.4) is 0 Å². The summed E-state index contributed by atoms with van der Waals surface area (Å²) in [4.78, 5) is 14.6. The molecule has 0 radical (unpaired) electrons. The number of hydrogen-bond donors (Lipinski definition) is 0. The first kappa shape index (κ1) is 10.6. The zero-order valence-corrected chi connectivity index (χ0v) is 10.4. The molecular weight excluding hydrogens is 232 g/mol. The number of benzene rings is 1.